The molecule has 2 unspecified atom stereocenters. The Bertz CT molecular complexity index is 345. The third kappa shape index (κ3) is 2.30. The fourth-order valence-electron chi connectivity index (χ4n) is 1.94. The van der Waals surface area contributed by atoms with Crippen LogP contribution in [0.4, 0.5) is 6.01 Å². The summed E-state index contributed by atoms with van der Waals surface area (Å²) >= 11 is 5.61. The first kappa shape index (κ1) is 11.7. The largest absolute Gasteiger partial charge is 0.408 e. The zero-order valence-electron chi connectivity index (χ0n) is 9.52. The molecule has 6 heteroatoms. The molecular weight excluding hydrogens is 230 g/mol. The first-order valence-corrected chi connectivity index (χ1v) is 5.98. The molecule has 1 aliphatic heterocycles. The minimum Gasteiger partial charge on any atom is -0.408 e. The summed E-state index contributed by atoms with van der Waals surface area (Å²) in [5.41, 5.74) is 0. The molecule has 0 amide bonds. The van der Waals surface area contributed by atoms with E-state index in [-0.39, 0.29) is 6.10 Å². The normalized spacial score (nSPS) is 24.9. The number of ether oxygens (including phenoxy) is 1. The second kappa shape index (κ2) is 5.01. The molecular formula is C10H16ClN3O2. The molecule has 2 rings (SSSR count). The van der Waals surface area contributed by atoms with Crippen molar-refractivity contribution in [2.24, 2.45) is 0 Å². The Labute approximate surface area is 99.7 Å². The molecule has 2 heterocycles. The van der Waals surface area contributed by atoms with Crippen LogP contribution >= 0.6 is 11.6 Å². The number of alkyl halides is 1. The molecule has 0 radical (unpaired) electrons. The number of anilines is 1. The number of aryl methyl sites for hydroxylation is 1. The lowest BCUT2D eigenvalue weighted by atomic mass is 10.1. The van der Waals surface area contributed by atoms with Gasteiger partial charge in [-0.05, 0) is 13.3 Å². The molecule has 0 spiro atoms. The van der Waals surface area contributed by atoms with Gasteiger partial charge >= 0.3 is 6.01 Å². The van der Waals surface area contributed by atoms with Gasteiger partial charge in [-0.2, -0.15) is 0 Å². The fraction of sp³-hybridized carbons (Fsp3) is 0.800. The van der Waals surface area contributed by atoms with Crippen LogP contribution in [0.5, 0.6) is 0 Å². The summed E-state index contributed by atoms with van der Waals surface area (Å²) in [5.74, 6) is 1.08. The summed E-state index contributed by atoms with van der Waals surface area (Å²) < 4.78 is 11.0. The maximum Gasteiger partial charge on any atom is 0.318 e. The van der Waals surface area contributed by atoms with Gasteiger partial charge in [-0.3, -0.25) is 0 Å². The lowest BCUT2D eigenvalue weighted by molar-refractivity contribution is 0.117. The van der Waals surface area contributed by atoms with Gasteiger partial charge < -0.3 is 14.1 Å². The van der Waals surface area contributed by atoms with E-state index in [4.69, 9.17) is 20.8 Å². The zero-order valence-corrected chi connectivity index (χ0v) is 10.3. The Morgan fingerprint density at radius 3 is 2.94 bits per heavy atom. The van der Waals surface area contributed by atoms with Crippen LogP contribution in [0.1, 0.15) is 19.2 Å². The Hall–Kier alpha value is -0.810. The quantitative estimate of drug-likeness (QED) is 0.752. The van der Waals surface area contributed by atoms with Crippen molar-refractivity contribution in [3.8, 4) is 0 Å². The molecule has 5 nitrogen and oxygen atoms in total. The summed E-state index contributed by atoms with van der Waals surface area (Å²) in [4.78, 5) is 1.99. The Kier molecular flexibility index (Phi) is 3.66. The van der Waals surface area contributed by atoms with Gasteiger partial charge in [-0.25, -0.2) is 0 Å². The number of aromatic nitrogens is 2. The van der Waals surface area contributed by atoms with Crippen molar-refractivity contribution in [3.63, 3.8) is 0 Å². The molecule has 1 aromatic heterocycles. The number of halogens is 1. The fourth-order valence-corrected chi connectivity index (χ4v) is 2.10. The number of hydrogen-bond donors (Lipinski definition) is 0. The highest BCUT2D eigenvalue weighted by Gasteiger charge is 2.30. The monoisotopic (exact) mass is 245 g/mol. The first-order valence-electron chi connectivity index (χ1n) is 5.45. The molecule has 1 saturated heterocycles. The average Bonchev–Trinajstić information content (AvgIpc) is 2.87. The maximum absolute atomic E-state index is 5.61. The van der Waals surface area contributed by atoms with Crippen LogP contribution in [-0.4, -0.2) is 41.9 Å². The van der Waals surface area contributed by atoms with Crippen molar-refractivity contribution in [3.05, 3.63) is 5.89 Å². The number of hydrogen-bond acceptors (Lipinski definition) is 5. The van der Waals surface area contributed by atoms with E-state index in [0.29, 0.717) is 30.2 Å². The highest BCUT2D eigenvalue weighted by atomic mass is 35.5. The Morgan fingerprint density at radius 2 is 2.31 bits per heavy atom. The third-order valence-corrected chi connectivity index (χ3v) is 3.09. The summed E-state index contributed by atoms with van der Waals surface area (Å²) in [6.45, 7) is 2.85. The van der Waals surface area contributed by atoms with Crippen molar-refractivity contribution in [1.82, 2.24) is 10.2 Å². The van der Waals surface area contributed by atoms with Crippen LogP contribution in [0.25, 0.3) is 0 Å². The molecule has 0 aliphatic carbocycles. The molecule has 0 aromatic carbocycles. The molecule has 16 heavy (non-hydrogen) atoms. The maximum atomic E-state index is 5.61. The van der Waals surface area contributed by atoms with E-state index >= 15 is 0 Å². The van der Waals surface area contributed by atoms with E-state index in [2.05, 4.69) is 17.1 Å². The molecule has 1 fully saturated rings. The summed E-state index contributed by atoms with van der Waals surface area (Å²) in [5, 5.41) is 7.95. The SMILES string of the molecule is CC1OCCC1N(C)c1nnc(CCCl)o1. The number of nitrogens with zero attached hydrogens (tertiary/aromatic N) is 3. The topological polar surface area (TPSA) is 51.4 Å². The van der Waals surface area contributed by atoms with Crippen molar-refractivity contribution >= 4 is 17.6 Å². The predicted molar refractivity (Wildman–Crippen MR) is 60.9 cm³/mol. The van der Waals surface area contributed by atoms with Crippen molar-refractivity contribution in [1.29, 1.82) is 0 Å². The van der Waals surface area contributed by atoms with Crippen LogP contribution in [-0.2, 0) is 11.2 Å². The summed E-state index contributed by atoms with van der Waals surface area (Å²) in [6.07, 6.45) is 1.80. The van der Waals surface area contributed by atoms with Gasteiger partial charge in [0.25, 0.3) is 0 Å². The van der Waals surface area contributed by atoms with E-state index in [1.165, 1.54) is 0 Å². The van der Waals surface area contributed by atoms with Crippen molar-refractivity contribution in [2.75, 3.05) is 24.4 Å². The smallest absolute Gasteiger partial charge is 0.318 e. The van der Waals surface area contributed by atoms with E-state index in [0.717, 1.165) is 13.0 Å². The second-order valence-electron chi connectivity index (χ2n) is 3.96. The summed E-state index contributed by atoms with van der Waals surface area (Å²) in [6, 6.07) is 0.853. The van der Waals surface area contributed by atoms with Crippen LogP contribution in [0.15, 0.2) is 4.42 Å². The van der Waals surface area contributed by atoms with Gasteiger partial charge in [-0.1, -0.05) is 5.10 Å². The highest BCUT2D eigenvalue weighted by Crippen LogP contribution is 2.23. The molecule has 0 saturated carbocycles. The van der Waals surface area contributed by atoms with Gasteiger partial charge in [0.15, 0.2) is 0 Å². The van der Waals surface area contributed by atoms with Crippen LogP contribution in [0.2, 0.25) is 0 Å². The van der Waals surface area contributed by atoms with Crippen molar-refractivity contribution < 1.29 is 9.15 Å². The van der Waals surface area contributed by atoms with Crippen LogP contribution < -0.4 is 4.90 Å². The minimum absolute atomic E-state index is 0.202. The van der Waals surface area contributed by atoms with Gasteiger partial charge in [0.1, 0.15) is 0 Å². The average molecular weight is 246 g/mol. The Morgan fingerprint density at radius 1 is 1.50 bits per heavy atom. The van der Waals surface area contributed by atoms with Crippen molar-refractivity contribution in [2.45, 2.75) is 31.9 Å². The van der Waals surface area contributed by atoms with Gasteiger partial charge in [0, 0.05) is 26.0 Å². The number of rotatable bonds is 4. The molecule has 1 aliphatic rings. The van der Waals surface area contributed by atoms with Gasteiger partial charge in [0.05, 0.1) is 12.1 Å². The van der Waals surface area contributed by atoms with Crippen LogP contribution in [0, 0.1) is 0 Å². The minimum atomic E-state index is 0.202. The third-order valence-electron chi connectivity index (χ3n) is 2.90. The van der Waals surface area contributed by atoms with Gasteiger partial charge in [-0.15, -0.1) is 16.7 Å². The predicted octanol–water partition coefficient (Wildman–Crippen LogP) is 1.46. The van der Waals surface area contributed by atoms with E-state index in [9.17, 15) is 0 Å². The van der Waals surface area contributed by atoms with Gasteiger partial charge in [0.2, 0.25) is 5.89 Å². The lowest BCUT2D eigenvalue weighted by Crippen LogP contribution is -2.36. The zero-order chi connectivity index (χ0) is 11.5. The number of likely N-dealkylation sites (N-methyl/N-ethyl adjacent to an activating group) is 1. The van der Waals surface area contributed by atoms with E-state index in [1.807, 2.05) is 11.9 Å². The first-order chi connectivity index (χ1) is 7.72. The highest BCUT2D eigenvalue weighted by molar-refractivity contribution is 6.17. The van der Waals surface area contributed by atoms with E-state index in [1.54, 1.807) is 0 Å². The molecule has 1 aromatic rings. The molecule has 0 bridgehead atoms. The standard InChI is InChI=1S/C10H16ClN3O2/c1-7-8(4-6-15-7)14(2)10-13-12-9(16-10)3-5-11/h7-8H,3-6H2,1-2H3. The van der Waals surface area contributed by atoms with Crippen LogP contribution in [0.3, 0.4) is 0 Å². The Balaban J connectivity index is 2.04. The molecule has 90 valence electrons. The summed E-state index contributed by atoms with van der Waals surface area (Å²) in [7, 11) is 1.95. The molecule has 0 N–H and O–H groups in total. The van der Waals surface area contributed by atoms with E-state index < -0.39 is 0 Å². The molecule has 2 atom stereocenters. The lowest BCUT2D eigenvalue weighted by Gasteiger charge is -2.24. The second-order valence-corrected chi connectivity index (χ2v) is 4.34.